The van der Waals surface area contributed by atoms with E-state index in [0.29, 0.717) is 0 Å². The topological polar surface area (TPSA) is 29.6 Å². The van der Waals surface area contributed by atoms with Gasteiger partial charge >= 0.3 is 0 Å². The highest BCUT2D eigenvalue weighted by atomic mass is 32.1. The minimum absolute atomic E-state index is 0.781. The smallest absolute Gasteiger partial charge is 0.211 e. The number of fused-ring (bicyclic) bond motifs is 1. The van der Waals surface area contributed by atoms with Gasteiger partial charge in [0.2, 0.25) is 4.80 Å². The zero-order valence-corrected chi connectivity index (χ0v) is 17.0. The zero-order valence-electron chi connectivity index (χ0n) is 16.2. The number of aryl methyl sites for hydroxylation is 2. The number of hydrogen-bond acceptors (Lipinski definition) is 3. The van der Waals surface area contributed by atoms with Crippen LogP contribution in [0.1, 0.15) is 29.2 Å². The van der Waals surface area contributed by atoms with Crippen LogP contribution in [0.15, 0.2) is 83.0 Å². The van der Waals surface area contributed by atoms with Crippen LogP contribution in [0.5, 0.6) is 0 Å². The van der Waals surface area contributed by atoms with Gasteiger partial charge in [0.15, 0.2) is 0 Å². The summed E-state index contributed by atoms with van der Waals surface area (Å²) >= 11 is 1.68. The van der Waals surface area contributed by atoms with Gasteiger partial charge in [0, 0.05) is 0 Å². The molecule has 1 heterocycles. The largest absolute Gasteiger partial charge is 0.311 e. The maximum Gasteiger partial charge on any atom is 0.211 e. The normalized spacial score (nSPS) is 12.3. The van der Waals surface area contributed by atoms with Crippen LogP contribution < -0.4 is 4.80 Å². The van der Waals surface area contributed by atoms with Crippen molar-refractivity contribution in [2.75, 3.05) is 0 Å². The minimum atomic E-state index is 0.781. The number of rotatable bonds is 5. The van der Waals surface area contributed by atoms with Crippen molar-refractivity contribution in [1.82, 2.24) is 4.57 Å². The Balaban J connectivity index is 1.72. The highest BCUT2D eigenvalue weighted by molar-refractivity contribution is 7.16. The van der Waals surface area contributed by atoms with Gasteiger partial charge in [-0.05, 0) is 47.7 Å². The predicted octanol–water partition coefficient (Wildman–Crippen LogP) is 5.56. The molecular formula is C24H23N3S. The van der Waals surface area contributed by atoms with E-state index < -0.39 is 0 Å². The van der Waals surface area contributed by atoms with E-state index in [1.54, 1.807) is 11.3 Å². The minimum Gasteiger partial charge on any atom is -0.311 e. The SMILES string of the molecule is CCc1ccc(C=NN=c2sc3cc(C)ccc3n2Cc2ccccc2)cc1. The molecule has 4 aromatic rings. The molecule has 0 aliphatic heterocycles. The van der Waals surface area contributed by atoms with E-state index in [1.807, 2.05) is 12.3 Å². The van der Waals surface area contributed by atoms with Crippen LogP contribution >= 0.6 is 11.3 Å². The zero-order chi connectivity index (χ0) is 19.3. The molecule has 3 aromatic carbocycles. The Hall–Kier alpha value is -2.98. The molecule has 140 valence electrons. The fourth-order valence-electron chi connectivity index (χ4n) is 3.16. The third kappa shape index (κ3) is 4.12. The van der Waals surface area contributed by atoms with Crippen LogP contribution in [0.25, 0.3) is 10.2 Å². The second-order valence-corrected chi connectivity index (χ2v) is 7.88. The van der Waals surface area contributed by atoms with Crippen molar-refractivity contribution < 1.29 is 0 Å². The Morgan fingerprint density at radius 3 is 2.46 bits per heavy atom. The van der Waals surface area contributed by atoms with Crippen molar-refractivity contribution >= 4 is 27.8 Å². The second-order valence-electron chi connectivity index (χ2n) is 6.87. The third-order valence-corrected chi connectivity index (χ3v) is 5.79. The molecule has 0 atom stereocenters. The van der Waals surface area contributed by atoms with E-state index in [1.165, 1.54) is 26.9 Å². The first kappa shape index (κ1) is 18.4. The summed E-state index contributed by atoms with van der Waals surface area (Å²) in [6, 6.07) is 25.5. The van der Waals surface area contributed by atoms with Crippen molar-refractivity contribution in [3.05, 3.63) is 99.9 Å². The van der Waals surface area contributed by atoms with E-state index in [9.17, 15) is 0 Å². The van der Waals surface area contributed by atoms with E-state index in [0.717, 1.165) is 23.3 Å². The van der Waals surface area contributed by atoms with Crippen LogP contribution in [0.3, 0.4) is 0 Å². The van der Waals surface area contributed by atoms with Crippen LogP contribution in [0, 0.1) is 6.92 Å². The van der Waals surface area contributed by atoms with Crippen LogP contribution in [-0.2, 0) is 13.0 Å². The lowest BCUT2D eigenvalue weighted by atomic mass is 10.1. The van der Waals surface area contributed by atoms with Crippen LogP contribution in [0.4, 0.5) is 0 Å². The maximum absolute atomic E-state index is 4.56. The summed E-state index contributed by atoms with van der Waals surface area (Å²) in [6.45, 7) is 5.06. The molecule has 0 N–H and O–H groups in total. The van der Waals surface area contributed by atoms with Crippen molar-refractivity contribution in [2.45, 2.75) is 26.8 Å². The molecule has 0 bridgehead atoms. The van der Waals surface area contributed by atoms with Crippen molar-refractivity contribution in [2.24, 2.45) is 10.2 Å². The Kier molecular flexibility index (Phi) is 5.49. The molecular weight excluding hydrogens is 362 g/mol. The molecule has 28 heavy (non-hydrogen) atoms. The molecule has 0 amide bonds. The van der Waals surface area contributed by atoms with Gasteiger partial charge in [-0.1, -0.05) is 78.9 Å². The molecule has 0 aliphatic carbocycles. The standard InChI is InChI=1S/C24H23N3S/c1-3-19-10-12-20(13-11-19)16-25-26-24-27(17-21-7-5-4-6-8-21)22-14-9-18(2)15-23(22)28-24/h4-16H,3,17H2,1-2H3. The summed E-state index contributed by atoms with van der Waals surface area (Å²) in [5.74, 6) is 0. The molecule has 1 aromatic heterocycles. The lowest BCUT2D eigenvalue weighted by Gasteiger charge is -2.05. The van der Waals surface area contributed by atoms with Gasteiger partial charge in [-0.3, -0.25) is 0 Å². The monoisotopic (exact) mass is 385 g/mol. The van der Waals surface area contributed by atoms with Crippen molar-refractivity contribution in [3.8, 4) is 0 Å². The number of benzene rings is 3. The molecule has 0 fully saturated rings. The molecule has 0 saturated heterocycles. The van der Waals surface area contributed by atoms with Crippen molar-refractivity contribution in [1.29, 1.82) is 0 Å². The Bertz CT molecular complexity index is 1170. The van der Waals surface area contributed by atoms with Gasteiger partial charge in [-0.2, -0.15) is 5.10 Å². The van der Waals surface area contributed by atoms with Gasteiger partial charge in [0.1, 0.15) is 0 Å². The molecule has 0 unspecified atom stereocenters. The summed E-state index contributed by atoms with van der Waals surface area (Å²) in [5.41, 5.74) is 6.10. The number of hydrogen-bond donors (Lipinski definition) is 0. The Labute approximate surface area is 169 Å². The molecule has 0 radical (unpaired) electrons. The third-order valence-electron chi connectivity index (χ3n) is 4.76. The fraction of sp³-hybridized carbons (Fsp3) is 0.167. The van der Waals surface area contributed by atoms with Gasteiger partial charge < -0.3 is 4.57 Å². The highest BCUT2D eigenvalue weighted by Crippen LogP contribution is 2.20. The van der Waals surface area contributed by atoms with Crippen LogP contribution in [0.2, 0.25) is 0 Å². The van der Waals surface area contributed by atoms with E-state index in [4.69, 9.17) is 0 Å². The van der Waals surface area contributed by atoms with Gasteiger partial charge in [-0.25, -0.2) is 0 Å². The van der Waals surface area contributed by atoms with Gasteiger partial charge in [0.05, 0.1) is 23.0 Å². The van der Waals surface area contributed by atoms with E-state index in [2.05, 4.69) is 95.3 Å². The van der Waals surface area contributed by atoms with Crippen LogP contribution in [-0.4, -0.2) is 10.8 Å². The predicted molar refractivity (Wildman–Crippen MR) is 119 cm³/mol. The molecule has 0 saturated carbocycles. The first-order chi connectivity index (χ1) is 13.7. The lowest BCUT2D eigenvalue weighted by Crippen LogP contribution is -2.15. The second kappa shape index (κ2) is 8.36. The fourth-order valence-corrected chi connectivity index (χ4v) is 4.25. The summed E-state index contributed by atoms with van der Waals surface area (Å²) in [4.78, 5) is 0.908. The average Bonchev–Trinajstić information content (AvgIpc) is 3.05. The maximum atomic E-state index is 4.56. The summed E-state index contributed by atoms with van der Waals surface area (Å²) in [6.07, 6.45) is 2.87. The summed E-state index contributed by atoms with van der Waals surface area (Å²) in [5, 5.41) is 8.93. The lowest BCUT2D eigenvalue weighted by molar-refractivity contribution is 0.789. The molecule has 4 rings (SSSR count). The Morgan fingerprint density at radius 2 is 1.71 bits per heavy atom. The molecule has 4 heteroatoms. The quantitative estimate of drug-likeness (QED) is 0.318. The average molecular weight is 386 g/mol. The van der Waals surface area contributed by atoms with Gasteiger partial charge in [-0.15, -0.1) is 5.10 Å². The summed E-state index contributed by atoms with van der Waals surface area (Å²) in [7, 11) is 0. The summed E-state index contributed by atoms with van der Waals surface area (Å²) < 4.78 is 3.48. The van der Waals surface area contributed by atoms with Gasteiger partial charge in [0.25, 0.3) is 0 Å². The van der Waals surface area contributed by atoms with E-state index >= 15 is 0 Å². The first-order valence-electron chi connectivity index (χ1n) is 9.53. The number of aromatic nitrogens is 1. The number of nitrogens with zero attached hydrogens (tertiary/aromatic N) is 3. The first-order valence-corrected chi connectivity index (χ1v) is 10.3. The molecule has 0 spiro atoms. The highest BCUT2D eigenvalue weighted by Gasteiger charge is 2.07. The molecule has 0 aliphatic rings. The Morgan fingerprint density at radius 1 is 0.929 bits per heavy atom. The number of thiazole rings is 1. The molecule has 3 nitrogen and oxygen atoms in total. The van der Waals surface area contributed by atoms with E-state index in [-0.39, 0.29) is 0 Å². The van der Waals surface area contributed by atoms with Crippen molar-refractivity contribution in [3.63, 3.8) is 0 Å².